The van der Waals surface area contributed by atoms with Gasteiger partial charge in [0, 0.05) is 30.1 Å². The molecule has 0 radical (unpaired) electrons. The molecule has 1 amide bonds. The van der Waals surface area contributed by atoms with Gasteiger partial charge in [0.25, 0.3) is 5.91 Å². The van der Waals surface area contributed by atoms with Crippen molar-refractivity contribution in [3.8, 4) is 0 Å². The van der Waals surface area contributed by atoms with Crippen LogP contribution in [0.2, 0.25) is 0 Å². The minimum atomic E-state index is -3.59. The first-order valence-electron chi connectivity index (χ1n) is 11.6. The number of anilines is 1. The van der Waals surface area contributed by atoms with Crippen LogP contribution in [0.1, 0.15) is 62.1 Å². The van der Waals surface area contributed by atoms with E-state index in [2.05, 4.69) is 12.2 Å². The van der Waals surface area contributed by atoms with Crippen molar-refractivity contribution in [2.75, 3.05) is 18.8 Å². The number of benzene rings is 1. The summed E-state index contributed by atoms with van der Waals surface area (Å²) in [6, 6.07) is 3.68. The van der Waals surface area contributed by atoms with Gasteiger partial charge in [-0.2, -0.15) is 4.31 Å². The second-order valence-corrected chi connectivity index (χ2v) is 11.6. The first-order valence-corrected chi connectivity index (χ1v) is 13.1. The molecule has 1 saturated heterocycles. The van der Waals surface area contributed by atoms with Crippen molar-refractivity contribution in [1.29, 1.82) is 0 Å². The summed E-state index contributed by atoms with van der Waals surface area (Å²) in [6.45, 7) is 6.69. The van der Waals surface area contributed by atoms with Gasteiger partial charge in [-0.15, -0.1) is 0 Å². The van der Waals surface area contributed by atoms with E-state index in [4.69, 9.17) is 10.7 Å². The number of carbonyl (C=O) groups is 1. The zero-order valence-corrected chi connectivity index (χ0v) is 20.0. The fraction of sp³-hybridized carbons (Fsp3) is 0.583. The minimum Gasteiger partial charge on any atom is -0.399 e. The summed E-state index contributed by atoms with van der Waals surface area (Å²) in [4.78, 5) is 17.7. The summed E-state index contributed by atoms with van der Waals surface area (Å²) in [6.07, 6.45) is 6.93. The van der Waals surface area contributed by atoms with Crippen molar-refractivity contribution < 1.29 is 13.2 Å². The third kappa shape index (κ3) is 4.48. The van der Waals surface area contributed by atoms with E-state index in [-0.39, 0.29) is 19.0 Å². The molecule has 1 aromatic carbocycles. The Morgan fingerprint density at radius 1 is 1.12 bits per heavy atom. The largest absolute Gasteiger partial charge is 0.399 e. The van der Waals surface area contributed by atoms with Gasteiger partial charge in [0.2, 0.25) is 10.0 Å². The summed E-state index contributed by atoms with van der Waals surface area (Å²) < 4.78 is 27.4. The lowest BCUT2D eigenvalue weighted by molar-refractivity contribution is -0.124. The molecule has 1 aliphatic carbocycles. The van der Waals surface area contributed by atoms with E-state index in [0.29, 0.717) is 24.4 Å². The Bertz CT molecular complexity index is 1040. The molecular weight excluding hydrogens is 424 g/mol. The Kier molecular flexibility index (Phi) is 6.20. The average Bonchev–Trinajstić information content (AvgIpc) is 3.03. The molecule has 1 saturated carbocycles. The molecule has 1 aromatic rings. The Morgan fingerprint density at radius 3 is 2.31 bits per heavy atom. The summed E-state index contributed by atoms with van der Waals surface area (Å²) in [5.74, 6) is 1.82. The summed E-state index contributed by atoms with van der Waals surface area (Å²) in [5, 5.41) is 4.30. The number of nitrogen functional groups attached to an aromatic ring is 1. The highest BCUT2D eigenvalue weighted by Crippen LogP contribution is 2.36. The molecular formula is C24H34N4O3S. The van der Waals surface area contributed by atoms with E-state index in [1.165, 1.54) is 9.71 Å². The van der Waals surface area contributed by atoms with Gasteiger partial charge in [-0.25, -0.2) is 8.42 Å². The molecule has 0 aromatic heterocycles. The number of carbonyl (C=O) groups excluding carboxylic acids is 1. The summed E-state index contributed by atoms with van der Waals surface area (Å²) >= 11 is 0. The number of aryl methyl sites for hydroxylation is 2. The van der Waals surface area contributed by atoms with Gasteiger partial charge in [0.15, 0.2) is 0 Å². The van der Waals surface area contributed by atoms with Crippen molar-refractivity contribution in [2.24, 2.45) is 16.8 Å². The predicted octanol–water partition coefficient (Wildman–Crippen LogP) is 3.38. The van der Waals surface area contributed by atoms with Crippen molar-refractivity contribution in [2.45, 2.75) is 64.8 Å². The Labute approximate surface area is 191 Å². The number of rotatable bonds is 4. The quantitative estimate of drug-likeness (QED) is 0.675. The molecule has 1 spiro atoms. The summed E-state index contributed by atoms with van der Waals surface area (Å²) in [5.41, 5.74) is 8.46. The van der Waals surface area contributed by atoms with Crippen LogP contribution in [0.5, 0.6) is 0 Å². The highest BCUT2D eigenvalue weighted by atomic mass is 32.2. The van der Waals surface area contributed by atoms with Crippen molar-refractivity contribution in [1.82, 2.24) is 9.62 Å². The maximum atomic E-state index is 13.0. The van der Waals surface area contributed by atoms with Crippen molar-refractivity contribution >= 4 is 33.5 Å². The van der Waals surface area contributed by atoms with Gasteiger partial charge in [-0.1, -0.05) is 19.8 Å². The molecule has 2 aliphatic heterocycles. The Hall–Kier alpha value is -2.19. The monoisotopic (exact) mass is 458 g/mol. The normalized spacial score (nSPS) is 26.5. The van der Waals surface area contributed by atoms with Gasteiger partial charge >= 0.3 is 0 Å². The van der Waals surface area contributed by atoms with Crippen LogP contribution >= 0.6 is 0 Å². The number of amidine groups is 1. The maximum Gasteiger partial charge on any atom is 0.253 e. The lowest BCUT2D eigenvalue weighted by Crippen LogP contribution is -2.50. The van der Waals surface area contributed by atoms with Gasteiger partial charge < -0.3 is 11.1 Å². The van der Waals surface area contributed by atoms with Crippen LogP contribution < -0.4 is 11.1 Å². The molecule has 0 bridgehead atoms. The van der Waals surface area contributed by atoms with E-state index < -0.39 is 15.6 Å². The van der Waals surface area contributed by atoms with E-state index in [1.54, 1.807) is 6.08 Å². The predicted molar refractivity (Wildman–Crippen MR) is 129 cm³/mol. The molecule has 3 N–H and O–H groups in total. The molecule has 8 heteroatoms. The molecule has 2 fully saturated rings. The van der Waals surface area contributed by atoms with Crippen LogP contribution in [0.15, 0.2) is 22.5 Å². The molecule has 4 rings (SSSR count). The molecule has 0 unspecified atom stereocenters. The summed E-state index contributed by atoms with van der Waals surface area (Å²) in [7, 11) is -3.59. The topological polar surface area (TPSA) is 105 Å². The van der Waals surface area contributed by atoms with Crippen molar-refractivity contribution in [3.05, 3.63) is 34.2 Å². The number of aliphatic imine (C=N–C) groups is 1. The Balaban J connectivity index is 1.44. The number of piperidine rings is 1. The SMILES string of the molecule is Cc1cc(N)cc(C)c1/C=C/S(=O)(=O)N1CCC2(CC1)N=C(C1CCC(C)CC1)NC2=O. The molecule has 0 atom stereocenters. The minimum absolute atomic E-state index is 0.0631. The second kappa shape index (κ2) is 8.63. The number of amides is 1. The number of hydrogen-bond acceptors (Lipinski definition) is 5. The maximum absolute atomic E-state index is 13.0. The standard InChI is InChI=1S/C24H34N4O3S/c1-16-4-6-19(7-5-16)22-26-23(29)24(27-22)9-11-28(12-10-24)32(30,31)13-8-21-17(2)14-20(25)15-18(21)3/h8,13-16,19H,4-7,9-12,25H2,1-3H3,(H,26,27,29)/b13-8+. The van der Waals surface area contributed by atoms with Gasteiger partial charge in [0.05, 0.1) is 0 Å². The first kappa shape index (κ1) is 23.0. The Morgan fingerprint density at radius 2 is 1.72 bits per heavy atom. The number of hydrogen-bond donors (Lipinski definition) is 2. The van der Waals surface area contributed by atoms with E-state index in [1.807, 2.05) is 26.0 Å². The van der Waals surface area contributed by atoms with Gasteiger partial charge in [0.1, 0.15) is 11.4 Å². The molecule has 2 heterocycles. The second-order valence-electron chi connectivity index (χ2n) is 9.75. The fourth-order valence-corrected chi connectivity index (χ4v) is 6.40. The van der Waals surface area contributed by atoms with E-state index in [9.17, 15) is 13.2 Å². The number of sulfonamides is 1. The zero-order valence-electron chi connectivity index (χ0n) is 19.2. The van der Waals surface area contributed by atoms with Crippen LogP contribution in [0.3, 0.4) is 0 Å². The van der Waals surface area contributed by atoms with Crippen LogP contribution in [0.25, 0.3) is 6.08 Å². The highest BCUT2D eigenvalue weighted by Gasteiger charge is 2.48. The lowest BCUT2D eigenvalue weighted by Gasteiger charge is -2.34. The van der Waals surface area contributed by atoms with Crippen molar-refractivity contribution in [3.63, 3.8) is 0 Å². The van der Waals surface area contributed by atoms with Gasteiger partial charge in [-0.05, 0) is 80.3 Å². The number of nitrogens with zero attached hydrogens (tertiary/aromatic N) is 2. The van der Waals surface area contributed by atoms with Crippen LogP contribution in [-0.4, -0.2) is 43.1 Å². The molecule has 3 aliphatic rings. The fourth-order valence-electron chi connectivity index (χ4n) is 5.23. The molecule has 32 heavy (non-hydrogen) atoms. The lowest BCUT2D eigenvalue weighted by atomic mass is 9.82. The van der Waals surface area contributed by atoms with E-state index in [0.717, 1.165) is 54.1 Å². The molecule has 174 valence electrons. The van der Waals surface area contributed by atoms with Crippen LogP contribution in [-0.2, 0) is 14.8 Å². The smallest absolute Gasteiger partial charge is 0.253 e. The molecule has 7 nitrogen and oxygen atoms in total. The average molecular weight is 459 g/mol. The van der Waals surface area contributed by atoms with E-state index >= 15 is 0 Å². The third-order valence-electron chi connectivity index (χ3n) is 7.33. The first-order chi connectivity index (χ1) is 15.1. The third-order valence-corrected chi connectivity index (χ3v) is 8.90. The van der Waals surface area contributed by atoms with Crippen LogP contribution in [0, 0.1) is 25.7 Å². The van der Waals surface area contributed by atoms with Crippen LogP contribution in [0.4, 0.5) is 5.69 Å². The number of nitrogens with two attached hydrogens (primary N) is 1. The number of nitrogens with one attached hydrogen (secondary N) is 1. The van der Waals surface area contributed by atoms with Gasteiger partial charge in [-0.3, -0.25) is 9.79 Å². The highest BCUT2D eigenvalue weighted by molar-refractivity contribution is 7.92. The zero-order chi connectivity index (χ0) is 23.1.